The molecule has 5 atom stereocenters. The molecule has 2 aliphatic heterocycles. The van der Waals surface area contributed by atoms with Crippen LogP contribution in [0.5, 0.6) is 0 Å². The maximum Gasteiger partial charge on any atom is 0.334 e. The molecule has 0 amide bonds. The minimum atomic E-state index is -0.961. The van der Waals surface area contributed by atoms with E-state index >= 15 is 0 Å². The molecule has 1 aromatic heterocycles. The molecular formula is C21H22O6. The number of hydrogen-bond donors (Lipinski definition) is 0. The molecule has 3 fully saturated rings. The van der Waals surface area contributed by atoms with Gasteiger partial charge in [0.15, 0.2) is 0 Å². The van der Waals surface area contributed by atoms with Gasteiger partial charge in [0.2, 0.25) is 6.29 Å². The number of methoxy groups -OCH3 is 1. The van der Waals surface area contributed by atoms with Crippen LogP contribution in [0.15, 0.2) is 46.8 Å². The Morgan fingerprint density at radius 3 is 3.00 bits per heavy atom. The van der Waals surface area contributed by atoms with Gasteiger partial charge in [0.05, 0.1) is 36.7 Å². The molecule has 4 aliphatic rings. The van der Waals surface area contributed by atoms with Crippen LogP contribution < -0.4 is 0 Å². The molecule has 6 nitrogen and oxygen atoms in total. The molecule has 142 valence electrons. The lowest BCUT2D eigenvalue weighted by molar-refractivity contribution is -0.241. The van der Waals surface area contributed by atoms with Crippen LogP contribution in [0.2, 0.25) is 0 Å². The molecule has 6 heteroatoms. The first-order valence-electron chi connectivity index (χ1n) is 9.40. The lowest BCUT2D eigenvalue weighted by Crippen LogP contribution is -2.63. The van der Waals surface area contributed by atoms with Gasteiger partial charge in [0, 0.05) is 5.56 Å². The third-order valence-corrected chi connectivity index (χ3v) is 7.11. The number of allylic oxidation sites excluding steroid dienone is 1. The Morgan fingerprint density at radius 2 is 2.26 bits per heavy atom. The zero-order valence-electron chi connectivity index (χ0n) is 15.2. The Labute approximate surface area is 157 Å². The van der Waals surface area contributed by atoms with Gasteiger partial charge in [-0.3, -0.25) is 4.79 Å². The summed E-state index contributed by atoms with van der Waals surface area (Å²) in [5.41, 5.74) is 0.985. The van der Waals surface area contributed by atoms with Gasteiger partial charge in [0.1, 0.15) is 5.41 Å². The fourth-order valence-corrected chi connectivity index (χ4v) is 5.90. The van der Waals surface area contributed by atoms with Crippen LogP contribution in [0, 0.1) is 16.7 Å². The highest BCUT2D eigenvalue weighted by Crippen LogP contribution is 2.70. The Bertz CT molecular complexity index is 852. The van der Waals surface area contributed by atoms with Crippen LogP contribution in [0.25, 0.3) is 0 Å². The summed E-state index contributed by atoms with van der Waals surface area (Å²) >= 11 is 0. The van der Waals surface area contributed by atoms with E-state index in [0.717, 1.165) is 24.0 Å². The highest BCUT2D eigenvalue weighted by atomic mass is 16.7. The molecule has 2 saturated heterocycles. The summed E-state index contributed by atoms with van der Waals surface area (Å²) in [7, 11) is 1.35. The normalized spacial score (nSPS) is 39.9. The number of furan rings is 1. The maximum atomic E-state index is 13.2. The van der Waals surface area contributed by atoms with Crippen LogP contribution in [0.3, 0.4) is 0 Å². The first kappa shape index (κ1) is 16.8. The van der Waals surface area contributed by atoms with Crippen molar-refractivity contribution in [1.82, 2.24) is 0 Å². The largest absolute Gasteiger partial charge is 0.472 e. The molecule has 27 heavy (non-hydrogen) atoms. The Balaban J connectivity index is 1.64. The average Bonchev–Trinajstić information content (AvgIpc) is 3.33. The lowest BCUT2D eigenvalue weighted by atomic mass is 9.46. The fraction of sp³-hybridized carbons (Fsp3) is 0.524. The van der Waals surface area contributed by atoms with Gasteiger partial charge >= 0.3 is 11.9 Å². The molecule has 1 spiro atoms. The summed E-state index contributed by atoms with van der Waals surface area (Å²) in [6, 6.07) is 1.87. The maximum absolute atomic E-state index is 13.2. The number of carbonyl (C=O) groups excluding carboxylic acids is 2. The highest BCUT2D eigenvalue weighted by molar-refractivity contribution is 5.99. The van der Waals surface area contributed by atoms with Crippen molar-refractivity contribution < 1.29 is 28.2 Å². The van der Waals surface area contributed by atoms with Crippen molar-refractivity contribution in [2.75, 3.05) is 7.11 Å². The van der Waals surface area contributed by atoms with E-state index in [9.17, 15) is 9.59 Å². The van der Waals surface area contributed by atoms with Gasteiger partial charge in [-0.2, -0.15) is 0 Å². The van der Waals surface area contributed by atoms with E-state index in [1.807, 2.05) is 12.1 Å². The van der Waals surface area contributed by atoms with Gasteiger partial charge in [-0.1, -0.05) is 18.2 Å². The van der Waals surface area contributed by atoms with Crippen molar-refractivity contribution >= 4 is 11.9 Å². The van der Waals surface area contributed by atoms with Crippen LogP contribution in [-0.2, 0) is 23.8 Å². The summed E-state index contributed by atoms with van der Waals surface area (Å²) in [6.07, 6.45) is 7.63. The van der Waals surface area contributed by atoms with Gasteiger partial charge < -0.3 is 18.6 Å². The standard InChI is InChI=1S/C21H22O6/c1-12-6-8-20-14(17(22)24-2)4-3-5-16(20)21(12)10-15(13-7-9-25-11-13)26-19(21)27-18(20)23/h4,7,9,11,15-16,19H,1,3,5-6,8,10H2,2H3/t15-,16?,19+,20-,21-/m1/s1. The van der Waals surface area contributed by atoms with E-state index in [4.69, 9.17) is 18.6 Å². The molecule has 5 rings (SSSR count). The van der Waals surface area contributed by atoms with E-state index in [1.54, 1.807) is 12.5 Å². The zero-order valence-corrected chi connectivity index (χ0v) is 15.2. The van der Waals surface area contributed by atoms with Crippen molar-refractivity contribution in [3.05, 3.63) is 48.0 Å². The molecule has 2 aliphatic carbocycles. The van der Waals surface area contributed by atoms with Gasteiger partial charge in [-0.25, -0.2) is 4.79 Å². The second-order valence-corrected chi connectivity index (χ2v) is 7.98. The molecule has 3 heterocycles. The smallest absolute Gasteiger partial charge is 0.334 e. The predicted molar refractivity (Wildman–Crippen MR) is 93.1 cm³/mol. The van der Waals surface area contributed by atoms with Gasteiger partial charge in [0.25, 0.3) is 0 Å². The van der Waals surface area contributed by atoms with E-state index in [-0.39, 0.29) is 18.0 Å². The predicted octanol–water partition coefficient (Wildman–Crippen LogP) is 3.46. The minimum absolute atomic E-state index is 0.0755. The van der Waals surface area contributed by atoms with Crippen molar-refractivity contribution in [3.8, 4) is 0 Å². The molecule has 0 aromatic carbocycles. The van der Waals surface area contributed by atoms with E-state index in [1.165, 1.54) is 7.11 Å². The number of esters is 2. The summed E-state index contributed by atoms with van der Waals surface area (Å²) in [4.78, 5) is 25.8. The van der Waals surface area contributed by atoms with Crippen LogP contribution in [-0.4, -0.2) is 25.3 Å². The van der Waals surface area contributed by atoms with Crippen LogP contribution >= 0.6 is 0 Å². The molecule has 0 N–H and O–H groups in total. The summed E-state index contributed by atoms with van der Waals surface area (Å²) in [6.45, 7) is 4.36. The van der Waals surface area contributed by atoms with Crippen LogP contribution in [0.4, 0.5) is 0 Å². The van der Waals surface area contributed by atoms with Crippen molar-refractivity contribution in [2.24, 2.45) is 16.7 Å². The third kappa shape index (κ3) is 1.94. The molecule has 1 aromatic rings. The first-order chi connectivity index (χ1) is 13.0. The third-order valence-electron chi connectivity index (χ3n) is 7.11. The summed E-state index contributed by atoms with van der Waals surface area (Å²) in [5, 5.41) is 0. The summed E-state index contributed by atoms with van der Waals surface area (Å²) < 4.78 is 22.3. The fourth-order valence-electron chi connectivity index (χ4n) is 5.90. The second kappa shape index (κ2) is 5.58. The van der Waals surface area contributed by atoms with E-state index in [2.05, 4.69) is 6.58 Å². The molecule has 1 unspecified atom stereocenters. The monoisotopic (exact) mass is 370 g/mol. The number of hydrogen-bond acceptors (Lipinski definition) is 6. The topological polar surface area (TPSA) is 75.0 Å². The van der Waals surface area contributed by atoms with Crippen LogP contribution in [0.1, 0.15) is 43.8 Å². The minimum Gasteiger partial charge on any atom is -0.472 e. The van der Waals surface area contributed by atoms with Gasteiger partial charge in [-0.05, 0) is 44.1 Å². The lowest BCUT2D eigenvalue weighted by Gasteiger charge is -2.59. The van der Waals surface area contributed by atoms with Crippen molar-refractivity contribution in [1.29, 1.82) is 0 Å². The average molecular weight is 370 g/mol. The zero-order chi connectivity index (χ0) is 18.8. The first-order valence-corrected chi connectivity index (χ1v) is 9.40. The Hall–Kier alpha value is -2.34. The van der Waals surface area contributed by atoms with E-state index < -0.39 is 23.1 Å². The second-order valence-electron chi connectivity index (χ2n) is 7.98. The highest BCUT2D eigenvalue weighted by Gasteiger charge is 2.72. The molecular weight excluding hydrogens is 348 g/mol. The number of ether oxygens (including phenoxy) is 3. The van der Waals surface area contributed by atoms with Crippen molar-refractivity contribution in [3.63, 3.8) is 0 Å². The quantitative estimate of drug-likeness (QED) is 0.586. The van der Waals surface area contributed by atoms with Gasteiger partial charge in [-0.15, -0.1) is 0 Å². The summed E-state index contributed by atoms with van der Waals surface area (Å²) in [5.74, 6) is -0.888. The SMILES string of the molecule is C=C1CC[C@]23C(=O)O[C@@H]4O[C@@H](c5ccoc5)C[C@]14C2CCC=C3C(=O)OC. The number of rotatable bonds is 2. The van der Waals surface area contributed by atoms with Crippen molar-refractivity contribution in [2.45, 2.75) is 44.5 Å². The Kier molecular flexibility index (Phi) is 3.47. The van der Waals surface area contributed by atoms with E-state index in [0.29, 0.717) is 24.8 Å². The molecule has 0 radical (unpaired) electrons. The Morgan fingerprint density at radius 1 is 1.41 bits per heavy atom. The number of carbonyl (C=O) groups is 2. The molecule has 1 saturated carbocycles. The molecule has 2 bridgehead atoms.